The molecule has 0 saturated heterocycles. The van der Waals surface area contributed by atoms with E-state index < -0.39 is 20.9 Å². The number of hydrogen-bond donors (Lipinski definition) is 0. The number of rotatable bonds is 3. The predicted octanol–water partition coefficient (Wildman–Crippen LogP) is 1.82. The van der Waals surface area contributed by atoms with Crippen molar-refractivity contribution in [1.29, 1.82) is 0 Å². The minimum Gasteiger partial charge on any atom is -0.768 e. The zero-order valence-corrected chi connectivity index (χ0v) is 10.8. The first kappa shape index (κ1) is 12.4. The van der Waals surface area contributed by atoms with E-state index in [0.717, 1.165) is 17.4 Å². The van der Waals surface area contributed by atoms with E-state index in [1.807, 2.05) is 0 Å². The molecule has 1 heterocycles. The van der Waals surface area contributed by atoms with Gasteiger partial charge in [0.15, 0.2) is 0 Å². The van der Waals surface area contributed by atoms with Crippen molar-refractivity contribution >= 4 is 32.3 Å². The lowest BCUT2D eigenvalue weighted by molar-refractivity contribution is 0.539. The Labute approximate surface area is 105 Å². The number of hydrogen-bond acceptors (Lipinski definition) is 5. The summed E-state index contributed by atoms with van der Waals surface area (Å²) in [6, 6.07) is 9.06. The molecule has 0 saturated carbocycles. The van der Waals surface area contributed by atoms with Crippen LogP contribution in [0.3, 0.4) is 0 Å². The molecule has 7 heteroatoms. The van der Waals surface area contributed by atoms with Gasteiger partial charge in [0.25, 0.3) is 0 Å². The van der Waals surface area contributed by atoms with Crippen molar-refractivity contribution in [3.8, 4) is 0 Å². The maximum atomic E-state index is 12.1. The molecular weight excluding hydrogens is 280 g/mol. The smallest absolute Gasteiger partial charge is 0.207 e. The van der Waals surface area contributed by atoms with Gasteiger partial charge in [-0.25, -0.2) is 8.42 Å². The van der Waals surface area contributed by atoms with Gasteiger partial charge in [0.1, 0.15) is 0 Å². The highest BCUT2D eigenvalue weighted by Crippen LogP contribution is 2.26. The van der Waals surface area contributed by atoms with Crippen LogP contribution < -0.4 is 0 Å². The zero-order chi connectivity index (χ0) is 12.5. The van der Waals surface area contributed by atoms with Crippen LogP contribution in [0.5, 0.6) is 0 Å². The normalized spacial score (nSPS) is 13.5. The second kappa shape index (κ2) is 4.69. The van der Waals surface area contributed by atoms with Crippen LogP contribution in [0, 0.1) is 0 Å². The maximum Gasteiger partial charge on any atom is 0.207 e. The van der Waals surface area contributed by atoms with Crippen molar-refractivity contribution in [2.75, 3.05) is 0 Å². The lowest BCUT2D eigenvalue weighted by Gasteiger charge is -2.01. The van der Waals surface area contributed by atoms with E-state index >= 15 is 0 Å². The second-order valence-electron chi connectivity index (χ2n) is 3.15. The quantitative estimate of drug-likeness (QED) is 0.807. The predicted molar refractivity (Wildman–Crippen MR) is 63.4 cm³/mol. The van der Waals surface area contributed by atoms with Crippen LogP contribution in [-0.2, 0) is 20.9 Å². The highest BCUT2D eigenvalue weighted by atomic mass is 32.2. The summed E-state index contributed by atoms with van der Waals surface area (Å²) in [4.78, 5) is 0.161. The van der Waals surface area contributed by atoms with Crippen LogP contribution in [0.4, 0.5) is 0 Å². The minimum absolute atomic E-state index is 0.00731. The molecule has 1 unspecified atom stereocenters. The van der Waals surface area contributed by atoms with Gasteiger partial charge >= 0.3 is 0 Å². The van der Waals surface area contributed by atoms with Crippen molar-refractivity contribution in [3.05, 3.63) is 41.8 Å². The molecule has 90 valence electrons. The summed E-state index contributed by atoms with van der Waals surface area (Å²) >= 11 is -1.51. The van der Waals surface area contributed by atoms with Gasteiger partial charge in [0, 0.05) is 5.38 Å². The van der Waals surface area contributed by atoms with Crippen LogP contribution in [0.1, 0.15) is 0 Å². The van der Waals surface area contributed by atoms with Crippen LogP contribution in [0.15, 0.2) is 55.8 Å². The molecule has 0 bridgehead atoms. The van der Waals surface area contributed by atoms with Gasteiger partial charge < -0.3 is 4.55 Å². The first-order chi connectivity index (χ1) is 8.01. The number of benzene rings is 1. The molecule has 4 nitrogen and oxygen atoms in total. The van der Waals surface area contributed by atoms with Gasteiger partial charge in [-0.05, 0) is 29.3 Å². The Bertz CT molecular complexity index is 643. The van der Waals surface area contributed by atoms with E-state index in [4.69, 9.17) is 0 Å². The Morgan fingerprint density at radius 3 is 2.29 bits per heavy atom. The van der Waals surface area contributed by atoms with Gasteiger partial charge in [-0.3, -0.25) is 4.21 Å². The summed E-state index contributed by atoms with van der Waals surface area (Å²) in [5.74, 6) is 0. The second-order valence-corrected chi connectivity index (χ2v) is 7.18. The Morgan fingerprint density at radius 1 is 1.12 bits per heavy atom. The Morgan fingerprint density at radius 2 is 1.76 bits per heavy atom. The molecule has 0 radical (unpaired) electrons. The average molecular weight is 287 g/mol. The number of sulfone groups is 1. The molecule has 2 rings (SSSR count). The zero-order valence-electron chi connectivity index (χ0n) is 8.40. The van der Waals surface area contributed by atoms with Crippen LogP contribution in [0.2, 0.25) is 0 Å². The highest BCUT2D eigenvalue weighted by Gasteiger charge is 2.18. The van der Waals surface area contributed by atoms with Crippen LogP contribution >= 0.6 is 11.3 Å². The standard InChI is InChI=1S/C10H8O4S3/c11-16(12)10-6-9(7-15-10)17(13,14)8-4-2-1-3-5-8/h1-7H,(H,11,12)/p-1. The molecule has 0 fully saturated rings. The molecule has 1 aromatic heterocycles. The SMILES string of the molecule is O=S([O-])c1cc(S(=O)(=O)c2ccccc2)cs1. The molecule has 0 aliphatic heterocycles. The lowest BCUT2D eigenvalue weighted by atomic mass is 10.4. The van der Waals surface area contributed by atoms with Gasteiger partial charge in [0.05, 0.1) is 14.0 Å². The monoisotopic (exact) mass is 287 g/mol. The summed E-state index contributed by atoms with van der Waals surface area (Å²) in [5.41, 5.74) is 0. The van der Waals surface area contributed by atoms with Crippen LogP contribution in [0.25, 0.3) is 0 Å². The van der Waals surface area contributed by atoms with Crippen molar-refractivity contribution in [2.45, 2.75) is 14.0 Å². The maximum absolute atomic E-state index is 12.1. The third kappa shape index (κ3) is 2.47. The Kier molecular flexibility index (Phi) is 3.43. The van der Waals surface area contributed by atoms with E-state index in [-0.39, 0.29) is 14.0 Å². The van der Waals surface area contributed by atoms with E-state index in [9.17, 15) is 17.2 Å². The van der Waals surface area contributed by atoms with E-state index in [0.29, 0.717) is 0 Å². The summed E-state index contributed by atoms with van der Waals surface area (Å²) in [6.07, 6.45) is 0. The van der Waals surface area contributed by atoms with Gasteiger partial charge in [-0.15, -0.1) is 11.3 Å². The van der Waals surface area contributed by atoms with E-state index in [1.165, 1.54) is 17.5 Å². The first-order valence-corrected chi connectivity index (χ1v) is 7.93. The minimum atomic E-state index is -3.61. The highest BCUT2D eigenvalue weighted by molar-refractivity contribution is 7.91. The topological polar surface area (TPSA) is 74.3 Å². The lowest BCUT2D eigenvalue weighted by Crippen LogP contribution is -1.99. The fraction of sp³-hybridized carbons (Fsp3) is 0. The molecule has 0 aliphatic rings. The molecule has 1 aromatic carbocycles. The largest absolute Gasteiger partial charge is 0.768 e. The molecular formula is C10H7O4S3-. The summed E-state index contributed by atoms with van der Waals surface area (Å²) in [7, 11) is -3.61. The molecule has 17 heavy (non-hydrogen) atoms. The molecule has 0 amide bonds. The van der Waals surface area contributed by atoms with E-state index in [2.05, 4.69) is 0 Å². The van der Waals surface area contributed by atoms with Crippen molar-refractivity contribution in [3.63, 3.8) is 0 Å². The third-order valence-corrected chi connectivity index (χ3v) is 5.84. The molecule has 0 spiro atoms. The number of thiophene rings is 1. The summed E-state index contributed by atoms with van der Waals surface area (Å²) in [5, 5.41) is 1.33. The molecule has 0 aliphatic carbocycles. The average Bonchev–Trinajstić information content (AvgIpc) is 2.80. The fourth-order valence-electron chi connectivity index (χ4n) is 1.26. The first-order valence-electron chi connectivity index (χ1n) is 4.50. The van der Waals surface area contributed by atoms with Crippen molar-refractivity contribution < 1.29 is 17.2 Å². The Hall–Kier alpha value is -1.02. The molecule has 1 atom stereocenters. The van der Waals surface area contributed by atoms with Gasteiger partial charge in [-0.2, -0.15) is 0 Å². The molecule has 2 aromatic rings. The Balaban J connectivity index is 2.49. The molecule has 0 N–H and O–H groups in total. The summed E-state index contributed by atoms with van der Waals surface area (Å²) in [6.45, 7) is 0. The van der Waals surface area contributed by atoms with E-state index in [1.54, 1.807) is 18.2 Å². The fourth-order valence-corrected chi connectivity index (χ4v) is 4.30. The summed E-state index contributed by atoms with van der Waals surface area (Å²) < 4.78 is 45.6. The van der Waals surface area contributed by atoms with Crippen molar-refractivity contribution in [2.24, 2.45) is 0 Å². The van der Waals surface area contributed by atoms with Crippen LogP contribution in [-0.4, -0.2) is 17.2 Å². The van der Waals surface area contributed by atoms with Crippen molar-refractivity contribution in [1.82, 2.24) is 0 Å². The van der Waals surface area contributed by atoms with Gasteiger partial charge in [-0.1, -0.05) is 18.2 Å². The van der Waals surface area contributed by atoms with Gasteiger partial charge in [0.2, 0.25) is 9.84 Å². The third-order valence-electron chi connectivity index (χ3n) is 2.08.